The SMILES string of the molecule is COc1cc(Br)cc2c1O[C@H](c1ccc(OC(=O)c3ccccc3)cc1)N1N=C(c3ccco3)C[C@@H]21. The summed E-state index contributed by atoms with van der Waals surface area (Å²) < 4.78 is 24.2. The maximum absolute atomic E-state index is 12.4. The van der Waals surface area contributed by atoms with Gasteiger partial charge in [-0.3, -0.25) is 0 Å². The lowest BCUT2D eigenvalue weighted by Gasteiger charge is -2.38. The Labute approximate surface area is 216 Å². The molecule has 1 aromatic heterocycles. The van der Waals surface area contributed by atoms with Crippen LogP contribution in [0.3, 0.4) is 0 Å². The van der Waals surface area contributed by atoms with Crippen molar-refractivity contribution in [3.05, 3.63) is 112 Å². The second kappa shape index (κ2) is 9.20. The molecule has 0 saturated carbocycles. The number of esters is 1. The van der Waals surface area contributed by atoms with Crippen molar-refractivity contribution in [3.63, 3.8) is 0 Å². The van der Waals surface area contributed by atoms with E-state index in [4.69, 9.17) is 23.7 Å². The zero-order valence-electron chi connectivity index (χ0n) is 19.3. The van der Waals surface area contributed by atoms with Crippen LogP contribution in [0, 0.1) is 0 Å². The Morgan fingerprint density at radius 3 is 2.58 bits per heavy atom. The van der Waals surface area contributed by atoms with Gasteiger partial charge in [-0.15, -0.1) is 0 Å². The summed E-state index contributed by atoms with van der Waals surface area (Å²) in [5.41, 5.74) is 3.18. The molecule has 0 amide bonds. The Bertz CT molecular complexity index is 1440. The number of hydrogen-bond acceptors (Lipinski definition) is 7. The van der Waals surface area contributed by atoms with Gasteiger partial charge in [0.1, 0.15) is 17.2 Å². The van der Waals surface area contributed by atoms with Crippen LogP contribution < -0.4 is 14.2 Å². The second-order valence-electron chi connectivity index (χ2n) is 8.45. The molecule has 7 nitrogen and oxygen atoms in total. The van der Waals surface area contributed by atoms with Gasteiger partial charge < -0.3 is 18.6 Å². The van der Waals surface area contributed by atoms with Gasteiger partial charge in [0.15, 0.2) is 11.5 Å². The minimum atomic E-state index is -0.510. The molecule has 0 spiro atoms. The molecule has 8 heteroatoms. The van der Waals surface area contributed by atoms with Crippen LogP contribution in [0.25, 0.3) is 0 Å². The molecule has 0 unspecified atom stereocenters. The van der Waals surface area contributed by atoms with Gasteiger partial charge in [0.2, 0.25) is 6.23 Å². The van der Waals surface area contributed by atoms with Crippen molar-refractivity contribution in [1.82, 2.24) is 5.01 Å². The number of halogens is 1. The summed E-state index contributed by atoms with van der Waals surface area (Å²) in [4.78, 5) is 12.4. The van der Waals surface area contributed by atoms with E-state index in [1.807, 2.05) is 47.5 Å². The van der Waals surface area contributed by atoms with E-state index in [-0.39, 0.29) is 6.04 Å². The number of ether oxygens (including phenoxy) is 3. The standard InChI is InChI=1S/C28H21BrN2O5/c1-33-25-15-19(29)14-21-23-16-22(24-8-5-13-34-24)30-31(23)27(36-26(21)25)17-9-11-20(12-10-17)35-28(32)18-6-3-2-4-7-18/h2-15,23,27H,16H2,1H3/t23-,27+/m0/s1. The van der Waals surface area contributed by atoms with Crippen LogP contribution in [0.5, 0.6) is 17.2 Å². The minimum Gasteiger partial charge on any atom is -0.493 e. The molecule has 3 heterocycles. The van der Waals surface area contributed by atoms with Crippen molar-refractivity contribution in [3.8, 4) is 17.2 Å². The first kappa shape index (κ1) is 22.4. The predicted molar refractivity (Wildman–Crippen MR) is 136 cm³/mol. The van der Waals surface area contributed by atoms with Crippen molar-refractivity contribution in [2.45, 2.75) is 18.7 Å². The lowest BCUT2D eigenvalue weighted by Crippen LogP contribution is -2.34. The van der Waals surface area contributed by atoms with E-state index < -0.39 is 12.2 Å². The monoisotopic (exact) mass is 544 g/mol. The number of carbonyl (C=O) groups excluding carboxylic acids is 1. The molecule has 0 radical (unpaired) electrons. The highest BCUT2D eigenvalue weighted by Gasteiger charge is 2.43. The fourth-order valence-electron chi connectivity index (χ4n) is 4.53. The number of rotatable bonds is 5. The number of benzene rings is 3. The van der Waals surface area contributed by atoms with E-state index in [2.05, 4.69) is 15.9 Å². The average Bonchev–Trinajstić information content (AvgIpc) is 3.59. The van der Waals surface area contributed by atoms with Gasteiger partial charge in [-0.05, 0) is 60.7 Å². The van der Waals surface area contributed by atoms with E-state index in [1.165, 1.54) is 0 Å². The number of hydrazone groups is 1. The number of methoxy groups -OCH3 is 1. The Morgan fingerprint density at radius 1 is 1.06 bits per heavy atom. The van der Waals surface area contributed by atoms with Crippen LogP contribution in [0.2, 0.25) is 0 Å². The van der Waals surface area contributed by atoms with Crippen LogP contribution in [0.1, 0.15) is 45.9 Å². The van der Waals surface area contributed by atoms with Gasteiger partial charge in [0.25, 0.3) is 0 Å². The van der Waals surface area contributed by atoms with Gasteiger partial charge in [-0.2, -0.15) is 5.10 Å². The smallest absolute Gasteiger partial charge is 0.343 e. The van der Waals surface area contributed by atoms with Gasteiger partial charge in [0, 0.05) is 22.0 Å². The first-order valence-electron chi connectivity index (χ1n) is 11.4. The predicted octanol–water partition coefficient (Wildman–Crippen LogP) is 6.51. The zero-order valence-corrected chi connectivity index (χ0v) is 20.8. The van der Waals surface area contributed by atoms with Crippen molar-refractivity contribution in [2.24, 2.45) is 5.10 Å². The maximum atomic E-state index is 12.4. The van der Waals surface area contributed by atoms with Crippen molar-refractivity contribution in [2.75, 3.05) is 7.11 Å². The van der Waals surface area contributed by atoms with Crippen molar-refractivity contribution < 1.29 is 23.4 Å². The summed E-state index contributed by atoms with van der Waals surface area (Å²) in [6, 6.07) is 23.8. The number of nitrogens with zero attached hydrogens (tertiary/aromatic N) is 2. The number of furan rings is 1. The third-order valence-corrected chi connectivity index (χ3v) is 6.69. The average molecular weight is 545 g/mol. The molecule has 36 heavy (non-hydrogen) atoms. The molecule has 0 N–H and O–H groups in total. The number of fused-ring (bicyclic) bond motifs is 3. The first-order chi connectivity index (χ1) is 17.6. The van der Waals surface area contributed by atoms with E-state index >= 15 is 0 Å². The summed E-state index contributed by atoms with van der Waals surface area (Å²) in [7, 11) is 1.63. The highest BCUT2D eigenvalue weighted by atomic mass is 79.9. The van der Waals surface area contributed by atoms with Gasteiger partial charge in [0.05, 0.1) is 25.0 Å². The molecule has 4 aromatic rings. The Hall–Kier alpha value is -4.04. The molecule has 3 aromatic carbocycles. The van der Waals surface area contributed by atoms with Gasteiger partial charge >= 0.3 is 5.97 Å². The van der Waals surface area contributed by atoms with Crippen LogP contribution in [0.4, 0.5) is 0 Å². The van der Waals surface area contributed by atoms with Crippen LogP contribution >= 0.6 is 15.9 Å². The highest BCUT2D eigenvalue weighted by molar-refractivity contribution is 9.10. The summed E-state index contributed by atoms with van der Waals surface area (Å²) >= 11 is 3.59. The van der Waals surface area contributed by atoms with Gasteiger partial charge in [-0.25, -0.2) is 9.80 Å². The maximum Gasteiger partial charge on any atom is 0.343 e. The summed E-state index contributed by atoms with van der Waals surface area (Å²) in [6.07, 6.45) is 1.79. The molecule has 180 valence electrons. The molecular weight excluding hydrogens is 524 g/mol. The fraction of sp³-hybridized carbons (Fsp3) is 0.143. The lowest BCUT2D eigenvalue weighted by molar-refractivity contribution is -0.0209. The highest BCUT2D eigenvalue weighted by Crippen LogP contribution is 2.51. The largest absolute Gasteiger partial charge is 0.493 e. The zero-order chi connectivity index (χ0) is 24.6. The minimum absolute atomic E-state index is 0.0687. The van der Waals surface area contributed by atoms with Crippen LogP contribution in [-0.4, -0.2) is 23.8 Å². The van der Waals surface area contributed by atoms with Crippen LogP contribution in [-0.2, 0) is 0 Å². The fourth-order valence-corrected chi connectivity index (χ4v) is 4.98. The Balaban J connectivity index is 1.34. The third-order valence-electron chi connectivity index (χ3n) is 6.23. The van der Waals surface area contributed by atoms with Crippen molar-refractivity contribution in [1.29, 1.82) is 0 Å². The molecule has 2 aliphatic heterocycles. The third kappa shape index (κ3) is 4.03. The molecule has 0 fully saturated rings. The quantitative estimate of drug-likeness (QED) is 0.210. The van der Waals surface area contributed by atoms with E-state index in [0.29, 0.717) is 29.2 Å². The molecule has 2 atom stereocenters. The number of carbonyl (C=O) groups is 1. The van der Waals surface area contributed by atoms with E-state index in [0.717, 1.165) is 27.1 Å². The van der Waals surface area contributed by atoms with E-state index in [9.17, 15) is 4.79 Å². The second-order valence-corrected chi connectivity index (χ2v) is 9.36. The molecular formula is C28H21BrN2O5. The molecule has 0 saturated heterocycles. The molecule has 2 aliphatic rings. The van der Waals surface area contributed by atoms with Gasteiger partial charge in [-0.1, -0.05) is 34.1 Å². The van der Waals surface area contributed by atoms with Crippen LogP contribution in [0.15, 0.2) is 99.1 Å². The Morgan fingerprint density at radius 2 is 1.86 bits per heavy atom. The van der Waals surface area contributed by atoms with E-state index in [1.54, 1.807) is 49.8 Å². The molecule has 0 aliphatic carbocycles. The first-order valence-corrected chi connectivity index (χ1v) is 12.2. The summed E-state index contributed by atoms with van der Waals surface area (Å²) in [5, 5.41) is 6.85. The van der Waals surface area contributed by atoms with Crippen molar-refractivity contribution >= 4 is 27.6 Å². The summed E-state index contributed by atoms with van der Waals surface area (Å²) in [6.45, 7) is 0. The number of hydrogen-bond donors (Lipinski definition) is 0. The lowest BCUT2D eigenvalue weighted by atomic mass is 9.97. The topological polar surface area (TPSA) is 73.5 Å². The Kier molecular flexibility index (Phi) is 5.73. The summed E-state index contributed by atoms with van der Waals surface area (Å²) in [5.74, 6) is 2.10. The normalized spacial score (nSPS) is 18.1. The molecule has 6 rings (SSSR count). The molecule has 0 bridgehead atoms.